The summed E-state index contributed by atoms with van der Waals surface area (Å²) in [6.07, 6.45) is 1.02. The van der Waals surface area contributed by atoms with Gasteiger partial charge in [0.2, 0.25) is 11.9 Å². The molecule has 2 aliphatic rings. The van der Waals surface area contributed by atoms with E-state index in [1.807, 2.05) is 13.0 Å². The lowest BCUT2D eigenvalue weighted by atomic mass is 9.99. The van der Waals surface area contributed by atoms with Crippen LogP contribution in [0.25, 0.3) is 0 Å². The number of hydrogen-bond acceptors (Lipinski definition) is 10. The second-order valence-corrected chi connectivity index (χ2v) is 9.11. The molecule has 0 radical (unpaired) electrons. The van der Waals surface area contributed by atoms with Gasteiger partial charge in [0.1, 0.15) is 17.7 Å². The van der Waals surface area contributed by atoms with Crippen molar-refractivity contribution in [2.45, 2.75) is 39.3 Å². The van der Waals surface area contributed by atoms with Crippen molar-refractivity contribution in [1.29, 1.82) is 0 Å². The smallest absolute Gasteiger partial charge is 0.230 e. The topological polar surface area (TPSA) is 97.6 Å². The van der Waals surface area contributed by atoms with Crippen LogP contribution >= 0.6 is 0 Å². The number of rotatable bonds is 4. The Morgan fingerprint density at radius 2 is 1.58 bits per heavy atom. The van der Waals surface area contributed by atoms with Crippen LogP contribution in [0.3, 0.4) is 0 Å². The molecule has 2 aromatic rings. The Hall–Kier alpha value is -2.59. The predicted molar refractivity (Wildman–Crippen MR) is 121 cm³/mol. The van der Waals surface area contributed by atoms with Gasteiger partial charge in [-0.15, -0.1) is 0 Å². The number of nitrogens with zero attached hydrogens (tertiary/aromatic N) is 9. The predicted octanol–water partition coefficient (Wildman–Crippen LogP) is 0.880. The molecule has 2 saturated heterocycles. The van der Waals surface area contributed by atoms with Crippen molar-refractivity contribution in [3.8, 4) is 0 Å². The number of anilines is 3. The molecule has 4 rings (SSSR count). The van der Waals surface area contributed by atoms with Gasteiger partial charge in [0.15, 0.2) is 5.82 Å². The number of aryl methyl sites for hydroxylation is 1. The van der Waals surface area contributed by atoms with Crippen LogP contribution in [0, 0.1) is 6.92 Å². The van der Waals surface area contributed by atoms with E-state index in [0.29, 0.717) is 5.82 Å². The van der Waals surface area contributed by atoms with Gasteiger partial charge in [-0.2, -0.15) is 15.0 Å². The van der Waals surface area contributed by atoms with E-state index in [2.05, 4.69) is 60.4 Å². The lowest BCUT2D eigenvalue weighted by Crippen LogP contribution is -2.60. The summed E-state index contributed by atoms with van der Waals surface area (Å²) in [6.45, 7) is 14.2. The Kier molecular flexibility index (Phi) is 5.94. The summed E-state index contributed by atoms with van der Waals surface area (Å²) in [7, 11) is 2.14. The van der Waals surface area contributed by atoms with Crippen molar-refractivity contribution in [2.75, 3.05) is 67.6 Å². The van der Waals surface area contributed by atoms with Crippen molar-refractivity contribution in [3.63, 3.8) is 0 Å². The number of aromatic nitrogens is 5. The van der Waals surface area contributed by atoms with Gasteiger partial charge in [0.05, 0.1) is 5.54 Å². The van der Waals surface area contributed by atoms with E-state index < -0.39 is 6.10 Å². The zero-order chi connectivity index (χ0) is 22.2. The first-order valence-electron chi connectivity index (χ1n) is 10.9. The quantitative estimate of drug-likeness (QED) is 0.757. The molecular formula is C21H33N9O. The van der Waals surface area contributed by atoms with Gasteiger partial charge in [-0.1, -0.05) is 0 Å². The normalized spacial score (nSPS) is 20.8. The molecule has 168 valence electrons. The molecule has 31 heavy (non-hydrogen) atoms. The van der Waals surface area contributed by atoms with Crippen LogP contribution in [0.1, 0.15) is 38.5 Å². The molecule has 0 saturated carbocycles. The monoisotopic (exact) mass is 427 g/mol. The molecule has 2 fully saturated rings. The average molecular weight is 428 g/mol. The number of aliphatic hydroxyl groups excluding tert-OH is 1. The minimum Gasteiger partial charge on any atom is -0.385 e. The Labute approximate surface area is 184 Å². The third-order valence-corrected chi connectivity index (χ3v) is 6.00. The summed E-state index contributed by atoms with van der Waals surface area (Å²) >= 11 is 0. The third kappa shape index (κ3) is 4.69. The zero-order valence-corrected chi connectivity index (χ0v) is 19.2. The maximum atomic E-state index is 9.86. The fourth-order valence-corrected chi connectivity index (χ4v) is 4.21. The third-order valence-electron chi connectivity index (χ3n) is 6.00. The van der Waals surface area contributed by atoms with Crippen molar-refractivity contribution in [2.24, 2.45) is 0 Å². The van der Waals surface area contributed by atoms with E-state index in [0.717, 1.165) is 69.4 Å². The fourth-order valence-electron chi connectivity index (χ4n) is 4.21. The number of hydrogen-bond donors (Lipinski definition) is 1. The van der Waals surface area contributed by atoms with E-state index >= 15 is 0 Å². The molecule has 2 aromatic heterocycles. The molecule has 10 nitrogen and oxygen atoms in total. The summed E-state index contributed by atoms with van der Waals surface area (Å²) in [4.78, 5) is 31.9. The first kappa shape index (κ1) is 21.6. The van der Waals surface area contributed by atoms with Crippen LogP contribution in [0.4, 0.5) is 17.7 Å². The van der Waals surface area contributed by atoms with E-state index in [9.17, 15) is 5.11 Å². The van der Waals surface area contributed by atoms with Gasteiger partial charge in [-0.25, -0.2) is 9.97 Å². The van der Waals surface area contributed by atoms with Crippen LogP contribution in [-0.2, 0) is 0 Å². The molecule has 4 heterocycles. The minimum absolute atomic E-state index is 0.197. The number of likely N-dealkylation sites (N-methyl/N-ethyl adjacent to an activating group) is 1. The van der Waals surface area contributed by atoms with Crippen molar-refractivity contribution in [1.82, 2.24) is 29.8 Å². The van der Waals surface area contributed by atoms with Gasteiger partial charge in [-0.3, -0.25) is 0 Å². The van der Waals surface area contributed by atoms with Gasteiger partial charge >= 0.3 is 0 Å². The second-order valence-electron chi connectivity index (χ2n) is 9.11. The van der Waals surface area contributed by atoms with Crippen molar-refractivity contribution >= 4 is 17.7 Å². The van der Waals surface area contributed by atoms with Crippen molar-refractivity contribution in [3.05, 3.63) is 23.9 Å². The van der Waals surface area contributed by atoms with E-state index in [1.54, 1.807) is 13.1 Å². The fraction of sp³-hybridized carbons (Fsp3) is 0.667. The van der Waals surface area contributed by atoms with Crippen LogP contribution in [-0.4, -0.2) is 93.3 Å². The summed E-state index contributed by atoms with van der Waals surface area (Å²) in [6, 6.07) is 1.90. The van der Waals surface area contributed by atoms with Crippen molar-refractivity contribution < 1.29 is 5.11 Å². The Bertz CT molecular complexity index is 911. The number of piperazine rings is 2. The molecule has 10 heteroatoms. The lowest BCUT2D eigenvalue weighted by molar-refractivity contribution is 0.188. The molecule has 0 spiro atoms. The summed E-state index contributed by atoms with van der Waals surface area (Å²) in [5, 5.41) is 9.86. The summed E-state index contributed by atoms with van der Waals surface area (Å²) in [5.41, 5.74) is -0.197. The largest absolute Gasteiger partial charge is 0.385 e. The summed E-state index contributed by atoms with van der Waals surface area (Å²) < 4.78 is 0. The standard InChI is InChI=1S/C21H33N9O/c1-15(31)18-22-7-6-17(25-18)30-13-12-29(14-21(30,3)4)20-24-16(2)23-19(26-20)28-10-8-27(5)9-11-28/h6-7,15,31H,8-14H2,1-5H3/t15-/m1/s1. The van der Waals surface area contributed by atoms with Crippen LogP contribution in [0.2, 0.25) is 0 Å². The Balaban J connectivity index is 1.53. The lowest BCUT2D eigenvalue weighted by Gasteiger charge is -2.47. The molecule has 1 atom stereocenters. The molecular weight excluding hydrogens is 394 g/mol. The summed E-state index contributed by atoms with van der Waals surface area (Å²) in [5.74, 6) is 3.53. The maximum Gasteiger partial charge on any atom is 0.230 e. The van der Waals surface area contributed by atoms with Gasteiger partial charge < -0.3 is 24.7 Å². The minimum atomic E-state index is -0.689. The highest BCUT2D eigenvalue weighted by atomic mass is 16.3. The first-order chi connectivity index (χ1) is 14.7. The van der Waals surface area contributed by atoms with E-state index in [-0.39, 0.29) is 5.54 Å². The van der Waals surface area contributed by atoms with Gasteiger partial charge in [-0.05, 0) is 40.8 Å². The zero-order valence-electron chi connectivity index (χ0n) is 19.2. The Morgan fingerprint density at radius 1 is 0.935 bits per heavy atom. The second kappa shape index (κ2) is 8.51. The molecule has 0 unspecified atom stereocenters. The molecule has 0 aromatic carbocycles. The van der Waals surface area contributed by atoms with E-state index in [1.165, 1.54) is 0 Å². The van der Waals surface area contributed by atoms with Crippen LogP contribution in [0.15, 0.2) is 12.3 Å². The van der Waals surface area contributed by atoms with Crippen LogP contribution < -0.4 is 14.7 Å². The van der Waals surface area contributed by atoms with E-state index in [4.69, 9.17) is 4.98 Å². The first-order valence-corrected chi connectivity index (χ1v) is 10.9. The van der Waals surface area contributed by atoms with Gasteiger partial charge in [0, 0.05) is 52.0 Å². The average Bonchev–Trinajstić information content (AvgIpc) is 2.73. The molecule has 0 aliphatic carbocycles. The van der Waals surface area contributed by atoms with Gasteiger partial charge in [0.25, 0.3) is 0 Å². The molecule has 2 aliphatic heterocycles. The van der Waals surface area contributed by atoms with Crippen LogP contribution in [0.5, 0.6) is 0 Å². The highest BCUT2D eigenvalue weighted by Crippen LogP contribution is 2.29. The molecule has 0 bridgehead atoms. The molecule has 0 amide bonds. The molecule has 1 N–H and O–H groups in total. The Morgan fingerprint density at radius 3 is 2.23 bits per heavy atom. The highest BCUT2D eigenvalue weighted by Gasteiger charge is 2.36. The highest BCUT2D eigenvalue weighted by molar-refractivity contribution is 5.47. The number of aliphatic hydroxyl groups is 1. The SMILES string of the molecule is Cc1nc(N2CCN(C)CC2)nc(N2CCN(c3ccnc([C@@H](C)O)n3)C(C)(C)C2)n1. The maximum absolute atomic E-state index is 9.86.